The Bertz CT molecular complexity index is 247. The van der Waals surface area contributed by atoms with E-state index in [-0.39, 0.29) is 11.6 Å². The lowest BCUT2D eigenvalue weighted by molar-refractivity contribution is -0.115. The molecule has 6 nitrogen and oxygen atoms in total. The van der Waals surface area contributed by atoms with E-state index in [1.165, 1.54) is 27.7 Å². The third-order valence-electron chi connectivity index (χ3n) is 0.412. The zero-order chi connectivity index (χ0) is 13.7. The standard InChI is InChI=1S/C4H6N2O2.2C3H6O/c5-3(7)1-2-4(6)8;2*1-3(2)4/h1-2H,(H2,5,7)(H2,6,8);2*1-2H3/b2-1-;;. The van der Waals surface area contributed by atoms with Gasteiger partial charge in [-0.05, 0) is 27.7 Å². The summed E-state index contributed by atoms with van der Waals surface area (Å²) in [6, 6.07) is 0. The van der Waals surface area contributed by atoms with E-state index in [0.717, 1.165) is 12.2 Å². The largest absolute Gasteiger partial charge is 0.366 e. The molecular weight excluding hydrogens is 212 g/mol. The van der Waals surface area contributed by atoms with E-state index in [2.05, 4.69) is 11.5 Å². The number of carbonyl (C=O) groups is 4. The fourth-order valence-corrected chi connectivity index (χ4v) is 0.164. The van der Waals surface area contributed by atoms with Crippen LogP contribution >= 0.6 is 0 Å². The van der Waals surface area contributed by atoms with E-state index in [0.29, 0.717) is 0 Å². The van der Waals surface area contributed by atoms with Crippen molar-refractivity contribution >= 4 is 23.4 Å². The molecule has 0 aliphatic heterocycles. The molecule has 0 aromatic carbocycles. The average molecular weight is 230 g/mol. The predicted molar refractivity (Wildman–Crippen MR) is 60.2 cm³/mol. The summed E-state index contributed by atoms with van der Waals surface area (Å²) in [6.07, 6.45) is 1.81. The number of primary amides is 2. The van der Waals surface area contributed by atoms with Gasteiger partial charge in [-0.1, -0.05) is 0 Å². The van der Waals surface area contributed by atoms with E-state index in [1.807, 2.05) is 0 Å². The fraction of sp³-hybridized carbons (Fsp3) is 0.400. The number of hydrogen-bond acceptors (Lipinski definition) is 4. The molecule has 92 valence electrons. The third kappa shape index (κ3) is 160. The molecule has 2 amide bonds. The Morgan fingerprint density at radius 1 is 0.688 bits per heavy atom. The zero-order valence-electron chi connectivity index (χ0n) is 9.94. The van der Waals surface area contributed by atoms with Gasteiger partial charge in [0.25, 0.3) is 0 Å². The molecule has 0 aliphatic carbocycles. The minimum Gasteiger partial charge on any atom is -0.366 e. The highest BCUT2D eigenvalue weighted by Gasteiger charge is 1.83. The SMILES string of the molecule is CC(C)=O.CC(C)=O.NC(=O)/C=C\C(N)=O. The van der Waals surface area contributed by atoms with Crippen LogP contribution in [-0.4, -0.2) is 23.4 Å². The summed E-state index contributed by atoms with van der Waals surface area (Å²) in [7, 11) is 0. The van der Waals surface area contributed by atoms with Crippen molar-refractivity contribution in [3.63, 3.8) is 0 Å². The molecule has 0 aliphatic rings. The number of rotatable bonds is 2. The molecule has 0 heterocycles. The summed E-state index contributed by atoms with van der Waals surface area (Å²) in [5, 5.41) is 0. The number of hydrogen-bond donors (Lipinski definition) is 2. The van der Waals surface area contributed by atoms with E-state index < -0.39 is 11.8 Å². The summed E-state index contributed by atoms with van der Waals surface area (Å²) < 4.78 is 0. The van der Waals surface area contributed by atoms with Gasteiger partial charge in [0.15, 0.2) is 0 Å². The minimum absolute atomic E-state index is 0.167. The molecule has 0 radical (unpaired) electrons. The number of ketones is 2. The molecule has 0 bridgehead atoms. The van der Waals surface area contributed by atoms with Crippen LogP contribution in [0.4, 0.5) is 0 Å². The van der Waals surface area contributed by atoms with Gasteiger partial charge in [0, 0.05) is 12.2 Å². The monoisotopic (exact) mass is 230 g/mol. The molecule has 0 atom stereocenters. The summed E-state index contributed by atoms with van der Waals surface area (Å²) in [6.45, 7) is 6.11. The van der Waals surface area contributed by atoms with E-state index >= 15 is 0 Å². The van der Waals surface area contributed by atoms with Gasteiger partial charge in [-0.15, -0.1) is 0 Å². The van der Waals surface area contributed by atoms with Gasteiger partial charge < -0.3 is 21.1 Å². The highest BCUT2D eigenvalue weighted by atomic mass is 16.2. The van der Waals surface area contributed by atoms with Crippen LogP contribution in [0.3, 0.4) is 0 Å². The fourth-order valence-electron chi connectivity index (χ4n) is 0.164. The van der Waals surface area contributed by atoms with Crippen LogP contribution in [0.25, 0.3) is 0 Å². The van der Waals surface area contributed by atoms with Gasteiger partial charge >= 0.3 is 0 Å². The van der Waals surface area contributed by atoms with Crippen molar-refractivity contribution in [3.05, 3.63) is 12.2 Å². The van der Waals surface area contributed by atoms with Gasteiger partial charge in [-0.25, -0.2) is 0 Å². The summed E-state index contributed by atoms with van der Waals surface area (Å²) in [4.78, 5) is 38.6. The molecule has 0 fully saturated rings. The average Bonchev–Trinajstić information content (AvgIpc) is 1.98. The van der Waals surface area contributed by atoms with Crippen LogP contribution in [0.15, 0.2) is 12.2 Å². The maximum absolute atomic E-state index is 9.83. The number of carbonyl (C=O) groups excluding carboxylic acids is 4. The molecule has 0 aromatic heterocycles. The first-order valence-corrected chi connectivity index (χ1v) is 4.30. The summed E-state index contributed by atoms with van der Waals surface area (Å²) in [5.74, 6) is -1.02. The Balaban J connectivity index is -0.000000179. The Labute approximate surface area is 94.7 Å². The van der Waals surface area contributed by atoms with Crippen LogP contribution in [0.2, 0.25) is 0 Å². The van der Waals surface area contributed by atoms with Crippen molar-refractivity contribution < 1.29 is 19.2 Å². The molecule has 0 aromatic rings. The Morgan fingerprint density at radius 2 is 0.812 bits per heavy atom. The Hall–Kier alpha value is -1.98. The molecule has 4 N–H and O–H groups in total. The first-order chi connectivity index (χ1) is 7.09. The molecule has 0 spiro atoms. The maximum atomic E-state index is 9.83. The lowest BCUT2D eigenvalue weighted by Crippen LogP contribution is -2.10. The quantitative estimate of drug-likeness (QED) is 0.633. The molecule has 0 rings (SSSR count). The van der Waals surface area contributed by atoms with Gasteiger partial charge in [-0.2, -0.15) is 0 Å². The van der Waals surface area contributed by atoms with Crippen LogP contribution < -0.4 is 11.5 Å². The molecule has 0 saturated carbocycles. The van der Waals surface area contributed by atoms with Crippen LogP contribution in [0.1, 0.15) is 27.7 Å². The van der Waals surface area contributed by atoms with Crippen molar-refractivity contribution in [2.75, 3.05) is 0 Å². The van der Waals surface area contributed by atoms with E-state index in [1.54, 1.807) is 0 Å². The highest BCUT2D eigenvalue weighted by molar-refractivity contribution is 5.95. The third-order valence-corrected chi connectivity index (χ3v) is 0.412. The second-order valence-electron chi connectivity index (χ2n) is 2.95. The Kier molecular flexibility index (Phi) is 15.9. The topological polar surface area (TPSA) is 120 Å². The highest BCUT2D eigenvalue weighted by Crippen LogP contribution is 1.65. The van der Waals surface area contributed by atoms with Gasteiger partial charge in [0.1, 0.15) is 11.6 Å². The first kappa shape index (κ1) is 19.6. The molecule has 6 heteroatoms. The van der Waals surface area contributed by atoms with E-state index in [4.69, 9.17) is 0 Å². The minimum atomic E-state index is -0.677. The predicted octanol–water partition coefficient (Wildman–Crippen LogP) is -0.296. The van der Waals surface area contributed by atoms with Crippen LogP contribution in [0, 0.1) is 0 Å². The van der Waals surface area contributed by atoms with Crippen LogP contribution in [-0.2, 0) is 19.2 Å². The van der Waals surface area contributed by atoms with Crippen molar-refractivity contribution in [2.24, 2.45) is 11.5 Å². The second kappa shape index (κ2) is 13.0. The lowest BCUT2D eigenvalue weighted by atomic mass is 10.5. The van der Waals surface area contributed by atoms with Crippen molar-refractivity contribution in [1.82, 2.24) is 0 Å². The lowest BCUT2D eigenvalue weighted by Gasteiger charge is -1.76. The summed E-state index contributed by atoms with van der Waals surface area (Å²) in [5.41, 5.74) is 9.21. The Morgan fingerprint density at radius 3 is 0.875 bits per heavy atom. The molecule has 16 heavy (non-hydrogen) atoms. The van der Waals surface area contributed by atoms with Crippen LogP contribution in [0.5, 0.6) is 0 Å². The number of Topliss-reactive ketones (excluding diaryl/α,β-unsaturated/α-hetero) is 2. The number of amides is 2. The van der Waals surface area contributed by atoms with Gasteiger partial charge in [-0.3, -0.25) is 9.59 Å². The normalized spacial score (nSPS) is 8.00. The van der Waals surface area contributed by atoms with E-state index in [9.17, 15) is 19.2 Å². The van der Waals surface area contributed by atoms with Gasteiger partial charge in [0.2, 0.25) is 11.8 Å². The van der Waals surface area contributed by atoms with Crippen molar-refractivity contribution in [2.45, 2.75) is 27.7 Å². The molecule has 0 saturated heterocycles. The van der Waals surface area contributed by atoms with Crippen molar-refractivity contribution in [1.29, 1.82) is 0 Å². The summed E-state index contributed by atoms with van der Waals surface area (Å²) >= 11 is 0. The first-order valence-electron chi connectivity index (χ1n) is 4.30. The maximum Gasteiger partial charge on any atom is 0.241 e. The molecular formula is C10H18N2O4. The second-order valence-corrected chi connectivity index (χ2v) is 2.95. The van der Waals surface area contributed by atoms with Gasteiger partial charge in [0.05, 0.1) is 0 Å². The zero-order valence-corrected chi connectivity index (χ0v) is 9.94. The smallest absolute Gasteiger partial charge is 0.241 e. The number of nitrogens with two attached hydrogens (primary N) is 2. The molecule has 0 unspecified atom stereocenters. The van der Waals surface area contributed by atoms with Crippen molar-refractivity contribution in [3.8, 4) is 0 Å².